The molecule has 0 unspecified atom stereocenters. The zero-order valence-electron chi connectivity index (χ0n) is 8.42. The van der Waals surface area contributed by atoms with Gasteiger partial charge < -0.3 is 20.4 Å². The second-order valence-corrected chi connectivity index (χ2v) is 2.99. The van der Waals surface area contributed by atoms with Crippen molar-refractivity contribution in [1.82, 2.24) is 0 Å². The van der Waals surface area contributed by atoms with Crippen LogP contribution in [0.1, 0.15) is 6.92 Å². The third-order valence-electron chi connectivity index (χ3n) is 0.696. The van der Waals surface area contributed by atoms with Crippen molar-refractivity contribution in [3.63, 3.8) is 0 Å². The quantitative estimate of drug-likeness (QED) is 0.272. The Hall–Kier alpha value is 0.710. The van der Waals surface area contributed by atoms with Gasteiger partial charge in [-0.05, 0) is 6.92 Å². The van der Waals surface area contributed by atoms with Gasteiger partial charge in [-0.15, -0.1) is 0 Å². The van der Waals surface area contributed by atoms with E-state index in [9.17, 15) is 8.42 Å². The van der Waals surface area contributed by atoms with Gasteiger partial charge in [-0.2, -0.15) is 8.42 Å². The van der Waals surface area contributed by atoms with Crippen LogP contribution in [-0.4, -0.2) is 91.3 Å². The van der Waals surface area contributed by atoms with Crippen LogP contribution in [0.3, 0.4) is 0 Å². The molecular formula is C6H19NaO8S. The Balaban J connectivity index is -0.000000129. The van der Waals surface area contributed by atoms with Crippen molar-refractivity contribution in [2.24, 2.45) is 0 Å². The Labute approximate surface area is 117 Å². The zero-order valence-corrected chi connectivity index (χ0v) is 9.23. The second kappa shape index (κ2) is 18.1. The number of aliphatic hydroxyl groups is 2. The first-order valence-corrected chi connectivity index (χ1v) is 5.25. The Morgan fingerprint density at radius 1 is 1.12 bits per heavy atom. The summed E-state index contributed by atoms with van der Waals surface area (Å²) in [6, 6.07) is 0. The summed E-state index contributed by atoms with van der Waals surface area (Å²) in [6.45, 7) is 1.68. The molecule has 5 N–H and O–H groups in total. The topological polar surface area (TPSA) is 145 Å². The number of aliphatic hydroxyl groups excluding tert-OH is 2. The summed E-state index contributed by atoms with van der Waals surface area (Å²) in [6.07, 6.45) is 0. The summed E-state index contributed by atoms with van der Waals surface area (Å²) in [5, 5.41) is 15.8. The first-order chi connectivity index (χ1) is 6.47. The molecule has 0 rings (SSSR count). The van der Waals surface area contributed by atoms with E-state index in [1.165, 1.54) is 0 Å². The summed E-state index contributed by atoms with van der Waals surface area (Å²) in [4.78, 5) is 0. The minimum atomic E-state index is -4.35. The summed E-state index contributed by atoms with van der Waals surface area (Å²) in [5.41, 5.74) is 0. The number of hydrogen-bond donors (Lipinski definition) is 3. The van der Waals surface area contributed by atoms with E-state index in [2.05, 4.69) is 8.92 Å². The van der Waals surface area contributed by atoms with Gasteiger partial charge in [0.25, 0.3) is 0 Å². The van der Waals surface area contributed by atoms with Crippen LogP contribution in [0.5, 0.6) is 0 Å². The van der Waals surface area contributed by atoms with Gasteiger partial charge in [0, 0.05) is 6.61 Å². The van der Waals surface area contributed by atoms with Gasteiger partial charge in [0.15, 0.2) is 0 Å². The average Bonchev–Trinajstić information content (AvgIpc) is 2.03. The molecule has 0 aromatic rings. The monoisotopic (exact) mass is 274 g/mol. The van der Waals surface area contributed by atoms with Gasteiger partial charge in [0.1, 0.15) is 0 Å². The van der Waals surface area contributed by atoms with Gasteiger partial charge in [0.2, 0.25) is 0 Å². The molecule has 0 fully saturated rings. The maximum absolute atomic E-state index is 9.89. The van der Waals surface area contributed by atoms with Crippen molar-refractivity contribution in [1.29, 1.82) is 0 Å². The molecule has 0 atom stereocenters. The molecule has 0 aromatic heterocycles. The molecule has 0 aromatic carbocycles. The van der Waals surface area contributed by atoms with Gasteiger partial charge >= 0.3 is 40.0 Å². The number of hydrogen-bond acceptors (Lipinski definition) is 6. The second-order valence-electron chi connectivity index (χ2n) is 1.90. The molecule has 0 aliphatic rings. The van der Waals surface area contributed by atoms with Crippen LogP contribution in [0.4, 0.5) is 0 Å². The van der Waals surface area contributed by atoms with Crippen molar-refractivity contribution >= 4 is 40.0 Å². The molecule has 0 saturated carbocycles. The van der Waals surface area contributed by atoms with E-state index in [1.54, 1.807) is 6.92 Å². The van der Waals surface area contributed by atoms with E-state index in [4.69, 9.17) is 14.8 Å². The molecule has 98 valence electrons. The summed E-state index contributed by atoms with van der Waals surface area (Å²) in [7, 11) is -4.35. The van der Waals surface area contributed by atoms with Crippen LogP contribution in [0.25, 0.3) is 0 Å². The van der Waals surface area contributed by atoms with Gasteiger partial charge in [-0.25, -0.2) is 4.18 Å². The van der Waals surface area contributed by atoms with Crippen LogP contribution < -0.4 is 0 Å². The average molecular weight is 274 g/mol. The molecule has 0 bridgehead atoms. The van der Waals surface area contributed by atoms with Crippen LogP contribution >= 0.6 is 0 Å². The van der Waals surface area contributed by atoms with E-state index in [0.717, 1.165) is 0 Å². The maximum atomic E-state index is 9.89. The molecule has 0 aliphatic heterocycles. The molecule has 8 nitrogen and oxygen atoms in total. The molecule has 0 heterocycles. The normalized spacial score (nSPS) is 9.25. The van der Waals surface area contributed by atoms with E-state index >= 15 is 0 Å². The number of rotatable bonds is 6. The molecule has 10 heteroatoms. The van der Waals surface area contributed by atoms with Gasteiger partial charge in [-0.3, -0.25) is 4.55 Å². The van der Waals surface area contributed by atoms with Crippen molar-refractivity contribution < 1.29 is 37.6 Å². The van der Waals surface area contributed by atoms with Crippen LogP contribution in [0.2, 0.25) is 0 Å². The van der Waals surface area contributed by atoms with Gasteiger partial charge in [-0.1, -0.05) is 0 Å². The zero-order chi connectivity index (χ0) is 11.4. The van der Waals surface area contributed by atoms with E-state index in [1.807, 2.05) is 0 Å². The third kappa shape index (κ3) is 36.4. The molecular weight excluding hydrogens is 255 g/mol. The van der Waals surface area contributed by atoms with E-state index in [0.29, 0.717) is 0 Å². The standard InChI is InChI=1S/C4H10O6S.C2H6O.Na.H2O.H/c5-1-2-9-3-4-10-11(6,7)8;1-2-3;;;/h5H,1-4H2,(H,6,7,8);3H,2H2,1H3;;1H2;. The summed E-state index contributed by atoms with van der Waals surface area (Å²) >= 11 is 0. The minimum absolute atomic E-state index is 0. The first kappa shape index (κ1) is 25.5. The SMILES string of the molecule is CCO.O.O=S(=O)(O)OCCOCCO.[NaH]. The molecule has 0 amide bonds. The molecule has 0 spiro atoms. The fourth-order valence-corrected chi connectivity index (χ4v) is 0.644. The number of ether oxygens (including phenoxy) is 1. The third-order valence-corrected chi connectivity index (χ3v) is 1.16. The predicted octanol–water partition coefficient (Wildman–Crippen LogP) is -2.66. The molecule has 0 saturated heterocycles. The van der Waals surface area contributed by atoms with Crippen molar-refractivity contribution in [2.75, 3.05) is 33.0 Å². The van der Waals surface area contributed by atoms with Crippen LogP contribution in [0.15, 0.2) is 0 Å². The Morgan fingerprint density at radius 2 is 1.56 bits per heavy atom. The van der Waals surface area contributed by atoms with Crippen molar-refractivity contribution in [3.8, 4) is 0 Å². The fraction of sp³-hybridized carbons (Fsp3) is 1.00. The fourth-order valence-electron chi connectivity index (χ4n) is 0.365. The molecule has 0 aliphatic carbocycles. The van der Waals surface area contributed by atoms with Crippen molar-refractivity contribution in [3.05, 3.63) is 0 Å². The Kier molecular flexibility index (Phi) is 28.9. The summed E-state index contributed by atoms with van der Waals surface area (Å²) < 4.78 is 36.3. The first-order valence-electron chi connectivity index (χ1n) is 3.89. The van der Waals surface area contributed by atoms with Crippen LogP contribution in [-0.2, 0) is 19.3 Å². The van der Waals surface area contributed by atoms with Crippen LogP contribution in [0, 0.1) is 0 Å². The Morgan fingerprint density at radius 3 is 1.88 bits per heavy atom. The van der Waals surface area contributed by atoms with Gasteiger partial charge in [0.05, 0.1) is 26.4 Å². The summed E-state index contributed by atoms with van der Waals surface area (Å²) in [5.74, 6) is 0. The predicted molar refractivity (Wildman–Crippen MR) is 58.9 cm³/mol. The Bertz CT molecular complexity index is 195. The molecule has 16 heavy (non-hydrogen) atoms. The van der Waals surface area contributed by atoms with E-state index in [-0.39, 0.29) is 68.1 Å². The van der Waals surface area contributed by atoms with E-state index < -0.39 is 10.4 Å². The molecule has 0 radical (unpaired) electrons. The van der Waals surface area contributed by atoms with Crippen molar-refractivity contribution in [2.45, 2.75) is 6.92 Å².